The summed E-state index contributed by atoms with van der Waals surface area (Å²) in [6.07, 6.45) is 0. The first kappa shape index (κ1) is 21.0. The maximum absolute atomic E-state index is 12.5. The number of esters is 1. The quantitative estimate of drug-likeness (QED) is 0.602. The Morgan fingerprint density at radius 2 is 1.52 bits per heavy atom. The van der Waals surface area contributed by atoms with Crippen LogP contribution in [0.3, 0.4) is 0 Å². The van der Waals surface area contributed by atoms with Crippen molar-refractivity contribution in [1.29, 1.82) is 0 Å². The van der Waals surface area contributed by atoms with Crippen LogP contribution in [0.25, 0.3) is 0 Å². The molecule has 1 aliphatic heterocycles. The molecule has 3 rings (SSSR count). The van der Waals surface area contributed by atoms with E-state index in [9.17, 15) is 9.59 Å². The summed E-state index contributed by atoms with van der Waals surface area (Å²) in [4.78, 5) is 26.9. The number of benzene rings is 2. The van der Waals surface area contributed by atoms with Gasteiger partial charge in [0.1, 0.15) is 32.7 Å². The largest absolute Gasteiger partial charge is 0.465 e. The molecule has 154 valence electrons. The highest BCUT2D eigenvalue weighted by Gasteiger charge is 2.25. The van der Waals surface area contributed by atoms with Gasteiger partial charge >= 0.3 is 5.97 Å². The minimum absolute atomic E-state index is 0.0826. The normalized spacial score (nSPS) is 18.9. The number of anilines is 1. The van der Waals surface area contributed by atoms with Gasteiger partial charge in [0, 0.05) is 11.3 Å². The SMILES string of the molecule is COC(=O)c1ccc(C[NH+]2CC[NH+](CC(=O)Nc3c(C)cccc3C)CC2)cc1. The van der Waals surface area contributed by atoms with Gasteiger partial charge < -0.3 is 19.9 Å². The molecule has 0 atom stereocenters. The van der Waals surface area contributed by atoms with Crippen LogP contribution in [0.2, 0.25) is 0 Å². The number of methoxy groups -OCH3 is 1. The van der Waals surface area contributed by atoms with E-state index in [0.717, 1.165) is 49.5 Å². The lowest BCUT2D eigenvalue weighted by Crippen LogP contribution is -3.28. The summed E-state index contributed by atoms with van der Waals surface area (Å²) in [5, 5.41) is 3.09. The zero-order valence-electron chi connectivity index (χ0n) is 17.5. The Morgan fingerprint density at radius 1 is 0.931 bits per heavy atom. The average molecular weight is 398 g/mol. The van der Waals surface area contributed by atoms with Gasteiger partial charge in [0.25, 0.3) is 5.91 Å². The maximum atomic E-state index is 12.5. The molecule has 0 aliphatic carbocycles. The first-order valence-electron chi connectivity index (χ1n) is 10.2. The number of para-hydroxylation sites is 1. The Hall–Kier alpha value is -2.70. The number of amides is 1. The molecule has 0 radical (unpaired) electrons. The van der Waals surface area contributed by atoms with E-state index in [0.29, 0.717) is 12.1 Å². The lowest BCUT2D eigenvalue weighted by Gasteiger charge is -2.29. The number of quaternary nitrogens is 2. The molecule has 1 fully saturated rings. The van der Waals surface area contributed by atoms with Crippen molar-refractivity contribution >= 4 is 17.6 Å². The van der Waals surface area contributed by atoms with Crippen LogP contribution in [0.5, 0.6) is 0 Å². The fourth-order valence-corrected chi connectivity index (χ4v) is 3.90. The van der Waals surface area contributed by atoms with E-state index in [4.69, 9.17) is 4.74 Å². The van der Waals surface area contributed by atoms with Crippen molar-refractivity contribution < 1.29 is 24.1 Å². The number of hydrogen-bond acceptors (Lipinski definition) is 3. The summed E-state index contributed by atoms with van der Waals surface area (Å²) >= 11 is 0. The van der Waals surface area contributed by atoms with E-state index >= 15 is 0 Å². The van der Waals surface area contributed by atoms with Crippen LogP contribution >= 0.6 is 0 Å². The van der Waals surface area contributed by atoms with Gasteiger partial charge in [-0.25, -0.2) is 4.79 Å². The molecular weight excluding hydrogens is 366 g/mol. The van der Waals surface area contributed by atoms with Crippen molar-refractivity contribution in [1.82, 2.24) is 0 Å². The number of carbonyl (C=O) groups excluding carboxylic acids is 2. The molecule has 2 aromatic rings. The Morgan fingerprint density at radius 3 is 2.10 bits per heavy atom. The van der Waals surface area contributed by atoms with Crippen LogP contribution < -0.4 is 15.1 Å². The minimum Gasteiger partial charge on any atom is -0.465 e. The highest BCUT2D eigenvalue weighted by Crippen LogP contribution is 2.18. The summed E-state index contributed by atoms with van der Waals surface area (Å²) in [6, 6.07) is 13.7. The van der Waals surface area contributed by atoms with Gasteiger partial charge in [-0.1, -0.05) is 30.3 Å². The Balaban J connectivity index is 1.45. The van der Waals surface area contributed by atoms with Gasteiger partial charge in [0.15, 0.2) is 6.54 Å². The molecule has 0 spiro atoms. The van der Waals surface area contributed by atoms with Crippen molar-refractivity contribution in [2.24, 2.45) is 0 Å². The van der Waals surface area contributed by atoms with Crippen molar-refractivity contribution in [2.45, 2.75) is 20.4 Å². The lowest BCUT2D eigenvalue weighted by molar-refractivity contribution is -1.02. The molecular formula is C23H31N3O3+2. The number of carbonyl (C=O) groups is 2. The third-order valence-electron chi connectivity index (χ3n) is 5.65. The predicted molar refractivity (Wildman–Crippen MR) is 112 cm³/mol. The lowest BCUT2D eigenvalue weighted by atomic mass is 10.1. The molecule has 3 N–H and O–H groups in total. The molecule has 6 heteroatoms. The zero-order chi connectivity index (χ0) is 20.8. The molecule has 1 heterocycles. The Kier molecular flexibility index (Phi) is 7.01. The van der Waals surface area contributed by atoms with E-state index in [-0.39, 0.29) is 11.9 Å². The minimum atomic E-state index is -0.305. The third kappa shape index (κ3) is 5.65. The van der Waals surface area contributed by atoms with Crippen molar-refractivity contribution in [3.05, 3.63) is 64.7 Å². The number of hydrogen-bond donors (Lipinski definition) is 3. The standard InChI is InChI=1S/C23H29N3O3/c1-17-5-4-6-18(2)22(17)24-21(27)16-26-13-11-25(12-14-26)15-19-7-9-20(10-8-19)23(28)29-3/h4-10H,11-16H2,1-3H3,(H,24,27)/p+2. The van der Waals surface area contributed by atoms with Crippen LogP contribution in [0.4, 0.5) is 5.69 Å². The first-order chi connectivity index (χ1) is 14.0. The number of rotatable bonds is 6. The molecule has 6 nitrogen and oxygen atoms in total. The van der Waals surface area contributed by atoms with Gasteiger partial charge in [0.2, 0.25) is 0 Å². The zero-order valence-corrected chi connectivity index (χ0v) is 17.5. The van der Waals surface area contributed by atoms with Gasteiger partial charge in [-0.15, -0.1) is 0 Å². The monoisotopic (exact) mass is 397 g/mol. The number of piperazine rings is 1. The highest BCUT2D eigenvalue weighted by molar-refractivity contribution is 5.93. The number of ether oxygens (including phenoxy) is 1. The summed E-state index contributed by atoms with van der Waals surface area (Å²) in [5.41, 5.74) is 4.93. The first-order valence-corrected chi connectivity index (χ1v) is 10.2. The van der Waals surface area contributed by atoms with Gasteiger partial charge in [0.05, 0.1) is 12.7 Å². The van der Waals surface area contributed by atoms with E-state index in [1.807, 2.05) is 56.3 Å². The molecule has 1 saturated heterocycles. The summed E-state index contributed by atoms with van der Waals surface area (Å²) in [6.45, 7) is 9.52. The highest BCUT2D eigenvalue weighted by atomic mass is 16.5. The predicted octanol–water partition coefficient (Wildman–Crippen LogP) is 0.0121. The maximum Gasteiger partial charge on any atom is 0.337 e. The van der Waals surface area contributed by atoms with Crippen LogP contribution in [0.1, 0.15) is 27.0 Å². The van der Waals surface area contributed by atoms with Crippen LogP contribution in [-0.4, -0.2) is 51.7 Å². The molecule has 0 unspecified atom stereocenters. The molecule has 0 bridgehead atoms. The smallest absolute Gasteiger partial charge is 0.337 e. The van der Waals surface area contributed by atoms with E-state index in [2.05, 4.69) is 5.32 Å². The molecule has 1 aliphatic rings. The van der Waals surface area contributed by atoms with Gasteiger partial charge in [-0.05, 0) is 37.1 Å². The van der Waals surface area contributed by atoms with Gasteiger partial charge in [-0.2, -0.15) is 0 Å². The second-order valence-electron chi connectivity index (χ2n) is 7.86. The Bertz CT molecular complexity index is 836. The summed E-state index contributed by atoms with van der Waals surface area (Å²) in [5.74, 6) is -0.223. The average Bonchev–Trinajstić information content (AvgIpc) is 2.72. The van der Waals surface area contributed by atoms with Crippen LogP contribution in [0, 0.1) is 13.8 Å². The van der Waals surface area contributed by atoms with Crippen LogP contribution in [0.15, 0.2) is 42.5 Å². The summed E-state index contributed by atoms with van der Waals surface area (Å²) in [7, 11) is 1.39. The number of nitrogens with one attached hydrogen (secondary N) is 3. The third-order valence-corrected chi connectivity index (χ3v) is 5.65. The summed E-state index contributed by atoms with van der Waals surface area (Å²) < 4.78 is 4.74. The van der Waals surface area contributed by atoms with Crippen molar-refractivity contribution in [3.8, 4) is 0 Å². The molecule has 0 saturated carbocycles. The molecule has 0 aromatic heterocycles. The molecule has 1 amide bonds. The fraction of sp³-hybridized carbons (Fsp3) is 0.391. The van der Waals surface area contributed by atoms with E-state index in [1.165, 1.54) is 22.5 Å². The van der Waals surface area contributed by atoms with E-state index < -0.39 is 0 Å². The second-order valence-corrected chi connectivity index (χ2v) is 7.86. The number of aryl methyl sites for hydroxylation is 2. The fourth-order valence-electron chi connectivity index (χ4n) is 3.90. The second kappa shape index (κ2) is 9.67. The van der Waals surface area contributed by atoms with Crippen molar-refractivity contribution in [3.63, 3.8) is 0 Å². The molecule has 29 heavy (non-hydrogen) atoms. The molecule has 2 aromatic carbocycles. The van der Waals surface area contributed by atoms with Crippen molar-refractivity contribution in [2.75, 3.05) is 45.2 Å². The Labute approximate surface area is 172 Å². The van der Waals surface area contributed by atoms with Crippen LogP contribution in [-0.2, 0) is 16.1 Å². The van der Waals surface area contributed by atoms with Gasteiger partial charge in [-0.3, -0.25) is 4.79 Å². The van der Waals surface area contributed by atoms with E-state index in [1.54, 1.807) is 0 Å². The topological polar surface area (TPSA) is 64.3 Å².